The highest BCUT2D eigenvalue weighted by Gasteiger charge is 2.59. The predicted octanol–water partition coefficient (Wildman–Crippen LogP) is 2.58. The van der Waals surface area contributed by atoms with E-state index < -0.39 is 0 Å². The van der Waals surface area contributed by atoms with Crippen molar-refractivity contribution in [2.75, 3.05) is 25.0 Å². The molecule has 4 rings (SSSR count). The molecule has 1 aromatic carbocycles. The van der Waals surface area contributed by atoms with Gasteiger partial charge in [-0.15, -0.1) is 0 Å². The Kier molecular flexibility index (Phi) is 1.68. The molecule has 3 heteroatoms. The Hall–Kier alpha value is -0.800. The first-order chi connectivity index (χ1) is 7.79. The molecular weight excluding hydrogens is 264 g/mol. The lowest BCUT2D eigenvalue weighted by atomic mass is 9.80. The number of anilines is 1. The fourth-order valence-corrected chi connectivity index (χ4v) is 3.59. The monoisotopic (exact) mass is 276 g/mol. The van der Waals surface area contributed by atoms with Gasteiger partial charge in [-0.1, -0.05) is 28.1 Å². The molecule has 0 bridgehead atoms. The maximum atomic E-state index is 3.57. The van der Waals surface area contributed by atoms with Crippen LogP contribution in [0.25, 0.3) is 0 Å². The molecule has 3 heterocycles. The zero-order valence-electron chi connectivity index (χ0n) is 8.91. The van der Waals surface area contributed by atoms with Crippen LogP contribution in [0.5, 0.6) is 0 Å². The third-order valence-electron chi connectivity index (χ3n) is 4.16. The minimum atomic E-state index is 0.391. The molecule has 3 atom stereocenters. The van der Waals surface area contributed by atoms with E-state index in [1.54, 1.807) is 0 Å². The number of fused-ring (bicyclic) bond motifs is 2. The van der Waals surface area contributed by atoms with Crippen molar-refractivity contribution in [2.45, 2.75) is 11.5 Å². The second kappa shape index (κ2) is 2.90. The van der Waals surface area contributed by atoms with Crippen LogP contribution in [-0.4, -0.2) is 30.1 Å². The van der Waals surface area contributed by atoms with Crippen molar-refractivity contribution < 1.29 is 0 Å². The highest BCUT2D eigenvalue weighted by molar-refractivity contribution is 9.10. The Morgan fingerprint density at radius 2 is 2.38 bits per heavy atom. The number of benzene rings is 1. The largest absolute Gasteiger partial charge is 0.383 e. The number of nitrogens with one attached hydrogen (secondary N) is 1. The molecule has 0 aromatic heterocycles. The molecule has 1 unspecified atom stereocenters. The maximum Gasteiger partial charge on any atom is 0.0617 e. The fraction of sp³-hybridized carbons (Fsp3) is 0.385. The van der Waals surface area contributed by atoms with E-state index in [0.29, 0.717) is 11.5 Å². The number of hydrogen-bond donors (Lipinski definition) is 1. The van der Waals surface area contributed by atoms with Gasteiger partial charge < -0.3 is 5.32 Å². The van der Waals surface area contributed by atoms with Crippen LogP contribution >= 0.6 is 15.9 Å². The molecule has 1 saturated heterocycles. The van der Waals surface area contributed by atoms with Crippen molar-refractivity contribution in [2.24, 2.45) is 0 Å². The van der Waals surface area contributed by atoms with Gasteiger partial charge in [-0.05, 0) is 23.8 Å². The predicted molar refractivity (Wildman–Crippen MR) is 68.8 cm³/mol. The zero-order chi connectivity index (χ0) is 10.8. The average Bonchev–Trinajstić information content (AvgIpc) is 3.01. The van der Waals surface area contributed by atoms with Crippen molar-refractivity contribution in [3.05, 3.63) is 40.4 Å². The van der Waals surface area contributed by atoms with E-state index in [-0.39, 0.29) is 0 Å². The molecule has 0 saturated carbocycles. The van der Waals surface area contributed by atoms with Crippen LogP contribution in [0.15, 0.2) is 34.8 Å². The Balaban J connectivity index is 1.89. The summed E-state index contributed by atoms with van der Waals surface area (Å²) in [6.45, 7) is 3.46. The third-order valence-corrected chi connectivity index (χ3v) is 4.65. The molecule has 1 spiro atoms. The van der Waals surface area contributed by atoms with Gasteiger partial charge in [0.2, 0.25) is 0 Å². The van der Waals surface area contributed by atoms with Gasteiger partial charge in [0.15, 0.2) is 0 Å². The van der Waals surface area contributed by atoms with Gasteiger partial charge >= 0.3 is 0 Å². The molecule has 0 amide bonds. The molecule has 3 aliphatic heterocycles. The van der Waals surface area contributed by atoms with Crippen molar-refractivity contribution >= 4 is 21.6 Å². The third kappa shape index (κ3) is 1.05. The molecule has 0 aliphatic carbocycles. The summed E-state index contributed by atoms with van der Waals surface area (Å²) in [5.74, 6) is 0.579. The van der Waals surface area contributed by atoms with Crippen LogP contribution < -0.4 is 5.32 Å². The first-order valence-corrected chi connectivity index (χ1v) is 6.54. The lowest BCUT2D eigenvalue weighted by Gasteiger charge is -2.35. The maximum absolute atomic E-state index is 3.57. The van der Waals surface area contributed by atoms with Crippen LogP contribution in [-0.2, 0) is 0 Å². The highest BCUT2D eigenvalue weighted by Crippen LogP contribution is 2.52. The van der Waals surface area contributed by atoms with Crippen LogP contribution in [0.3, 0.4) is 0 Å². The Bertz CT molecular complexity index is 497. The summed E-state index contributed by atoms with van der Waals surface area (Å²) in [6, 6.07) is 6.56. The number of rotatable bonds is 0. The molecule has 1 aromatic rings. The van der Waals surface area contributed by atoms with E-state index in [1.165, 1.54) is 22.3 Å². The van der Waals surface area contributed by atoms with Crippen LogP contribution in [0.2, 0.25) is 0 Å². The summed E-state index contributed by atoms with van der Waals surface area (Å²) in [4.78, 5) is 2.56. The van der Waals surface area contributed by atoms with Gasteiger partial charge in [-0.2, -0.15) is 0 Å². The lowest BCUT2D eigenvalue weighted by Crippen LogP contribution is -2.40. The minimum absolute atomic E-state index is 0.391. The van der Waals surface area contributed by atoms with Crippen LogP contribution in [0, 0.1) is 0 Å². The second-order valence-corrected chi connectivity index (χ2v) is 5.89. The number of hydrogen-bond acceptors (Lipinski definition) is 2. The van der Waals surface area contributed by atoms with Gasteiger partial charge in [0.05, 0.1) is 5.54 Å². The average molecular weight is 277 g/mol. The molecule has 0 radical (unpaired) electrons. The van der Waals surface area contributed by atoms with Gasteiger partial charge in [0.1, 0.15) is 0 Å². The van der Waals surface area contributed by atoms with E-state index in [2.05, 4.69) is 56.5 Å². The summed E-state index contributed by atoms with van der Waals surface area (Å²) in [5, 5.41) is 3.57. The van der Waals surface area contributed by atoms with Crippen molar-refractivity contribution in [3.63, 3.8) is 0 Å². The first-order valence-electron chi connectivity index (χ1n) is 5.75. The topological polar surface area (TPSA) is 15.0 Å². The van der Waals surface area contributed by atoms with E-state index in [9.17, 15) is 0 Å². The molecule has 1 fully saturated rings. The van der Waals surface area contributed by atoms with E-state index >= 15 is 0 Å². The summed E-state index contributed by atoms with van der Waals surface area (Å²) in [5.41, 5.74) is 3.14. The van der Waals surface area contributed by atoms with Gasteiger partial charge in [0.25, 0.3) is 0 Å². The van der Waals surface area contributed by atoms with Gasteiger partial charge in [-0.3, -0.25) is 4.90 Å². The summed E-state index contributed by atoms with van der Waals surface area (Å²) in [6.07, 6.45) is 4.71. The summed E-state index contributed by atoms with van der Waals surface area (Å²) >= 11 is 3.57. The molecular formula is C13H13BrN2. The van der Waals surface area contributed by atoms with Crippen molar-refractivity contribution in [3.8, 4) is 0 Å². The Labute approximate surface area is 103 Å². The summed E-state index contributed by atoms with van der Waals surface area (Å²) in [7, 11) is 0. The van der Waals surface area contributed by atoms with Gasteiger partial charge in [-0.25, -0.2) is 0 Å². The lowest BCUT2D eigenvalue weighted by molar-refractivity contribution is 0.393. The van der Waals surface area contributed by atoms with Crippen LogP contribution in [0.4, 0.5) is 5.69 Å². The molecule has 82 valence electrons. The molecule has 3 aliphatic rings. The van der Waals surface area contributed by atoms with Crippen molar-refractivity contribution in [1.82, 2.24) is 4.90 Å². The Morgan fingerprint density at radius 3 is 3.31 bits per heavy atom. The number of nitrogens with zero attached hydrogens (tertiary/aromatic N) is 1. The Morgan fingerprint density at radius 1 is 1.44 bits per heavy atom. The van der Waals surface area contributed by atoms with E-state index in [0.717, 1.165) is 13.1 Å². The smallest absolute Gasteiger partial charge is 0.0617 e. The SMILES string of the molecule is Brc1ccc2c(c1)[C@@H]1C=CCN3C[C@]13CN2. The van der Waals surface area contributed by atoms with Crippen molar-refractivity contribution in [1.29, 1.82) is 0 Å². The normalized spacial score (nSPS) is 38.1. The second-order valence-electron chi connectivity index (χ2n) is 4.98. The van der Waals surface area contributed by atoms with E-state index in [1.807, 2.05) is 0 Å². The minimum Gasteiger partial charge on any atom is -0.383 e. The van der Waals surface area contributed by atoms with Gasteiger partial charge in [0, 0.05) is 35.7 Å². The molecule has 16 heavy (non-hydrogen) atoms. The quantitative estimate of drug-likeness (QED) is 0.579. The zero-order valence-corrected chi connectivity index (χ0v) is 10.5. The molecule has 2 nitrogen and oxygen atoms in total. The van der Waals surface area contributed by atoms with Crippen LogP contribution in [0.1, 0.15) is 11.5 Å². The number of halogens is 1. The molecule has 1 N–H and O–H groups in total. The highest BCUT2D eigenvalue weighted by atomic mass is 79.9. The summed E-state index contributed by atoms with van der Waals surface area (Å²) < 4.78 is 1.18. The standard InChI is InChI=1S/C13H13BrN2/c14-9-3-4-12-10(6-9)11-2-1-5-16-8-13(11,16)7-15-12/h1-4,6,11,15H,5,7-8H2/t11-,13+,16?/m0/s1. The van der Waals surface area contributed by atoms with E-state index in [4.69, 9.17) is 0 Å². The fourth-order valence-electron chi connectivity index (χ4n) is 3.21. The first kappa shape index (κ1) is 9.25.